The Morgan fingerprint density at radius 2 is 1.81 bits per heavy atom. The van der Waals surface area contributed by atoms with Gasteiger partial charge in [-0.15, -0.1) is 0 Å². The van der Waals surface area contributed by atoms with Gasteiger partial charge in [0, 0.05) is 5.57 Å². The molecule has 1 N–H and O–H groups in total. The van der Waals surface area contributed by atoms with Gasteiger partial charge in [-0.25, -0.2) is 4.98 Å². The van der Waals surface area contributed by atoms with Crippen LogP contribution >= 0.6 is 11.3 Å². The molecular formula is C17H14N2OS. The molecule has 0 aliphatic rings. The quantitative estimate of drug-likeness (QED) is 0.730. The summed E-state index contributed by atoms with van der Waals surface area (Å²) in [6.45, 7) is 1.80. The normalized spacial score (nSPS) is 11.6. The Bertz CT molecular complexity index is 773. The summed E-state index contributed by atoms with van der Waals surface area (Å²) in [6, 6.07) is 17.6. The van der Waals surface area contributed by atoms with Crippen LogP contribution in [0.15, 0.2) is 60.2 Å². The van der Waals surface area contributed by atoms with E-state index in [-0.39, 0.29) is 5.91 Å². The monoisotopic (exact) mass is 294 g/mol. The van der Waals surface area contributed by atoms with Crippen LogP contribution in [0.4, 0.5) is 5.13 Å². The molecule has 0 unspecified atom stereocenters. The van der Waals surface area contributed by atoms with Crippen LogP contribution in [0.3, 0.4) is 0 Å². The lowest BCUT2D eigenvalue weighted by Gasteiger charge is -2.01. The third-order valence-corrected chi connectivity index (χ3v) is 4.01. The predicted octanol–water partition coefficient (Wildman–Crippen LogP) is 4.34. The van der Waals surface area contributed by atoms with Crippen molar-refractivity contribution in [1.82, 2.24) is 4.98 Å². The number of carbonyl (C=O) groups excluding carboxylic acids is 1. The van der Waals surface area contributed by atoms with Crippen LogP contribution in [0.5, 0.6) is 0 Å². The highest BCUT2D eigenvalue weighted by atomic mass is 32.1. The molecule has 3 nitrogen and oxygen atoms in total. The topological polar surface area (TPSA) is 42.0 Å². The number of nitrogens with zero attached hydrogens (tertiary/aromatic N) is 1. The largest absolute Gasteiger partial charge is 0.298 e. The number of amides is 1. The van der Waals surface area contributed by atoms with E-state index in [2.05, 4.69) is 10.3 Å². The number of hydrogen-bond acceptors (Lipinski definition) is 3. The fourth-order valence-electron chi connectivity index (χ4n) is 1.99. The van der Waals surface area contributed by atoms with Gasteiger partial charge in [0.05, 0.1) is 10.2 Å². The summed E-state index contributed by atoms with van der Waals surface area (Å²) >= 11 is 1.48. The Morgan fingerprint density at radius 1 is 1.10 bits per heavy atom. The summed E-state index contributed by atoms with van der Waals surface area (Å²) < 4.78 is 1.07. The molecule has 0 saturated carbocycles. The number of nitrogens with one attached hydrogen (secondary N) is 1. The molecule has 0 saturated heterocycles. The lowest BCUT2D eigenvalue weighted by molar-refractivity contribution is -0.112. The highest BCUT2D eigenvalue weighted by molar-refractivity contribution is 7.22. The summed E-state index contributed by atoms with van der Waals surface area (Å²) in [7, 11) is 0. The lowest BCUT2D eigenvalue weighted by Crippen LogP contribution is -2.12. The SMILES string of the molecule is C/C(=C\c1ccccc1)C(=O)Nc1nc2ccccc2s1. The zero-order chi connectivity index (χ0) is 14.7. The predicted molar refractivity (Wildman–Crippen MR) is 88.3 cm³/mol. The summed E-state index contributed by atoms with van der Waals surface area (Å²) in [5.41, 5.74) is 2.57. The first kappa shape index (κ1) is 13.5. The van der Waals surface area contributed by atoms with Crippen molar-refractivity contribution in [2.24, 2.45) is 0 Å². The van der Waals surface area contributed by atoms with Crippen LogP contribution in [0, 0.1) is 0 Å². The number of thiazole rings is 1. The third kappa shape index (κ3) is 3.17. The third-order valence-electron chi connectivity index (χ3n) is 3.06. The van der Waals surface area contributed by atoms with Crippen LogP contribution in [0.1, 0.15) is 12.5 Å². The van der Waals surface area contributed by atoms with Crippen molar-refractivity contribution in [1.29, 1.82) is 0 Å². The van der Waals surface area contributed by atoms with E-state index in [1.54, 1.807) is 6.92 Å². The van der Waals surface area contributed by atoms with Gasteiger partial charge in [0.1, 0.15) is 0 Å². The Labute approximate surface area is 127 Å². The zero-order valence-electron chi connectivity index (χ0n) is 11.5. The number of fused-ring (bicyclic) bond motifs is 1. The maximum absolute atomic E-state index is 12.2. The van der Waals surface area contributed by atoms with Crippen molar-refractivity contribution in [2.75, 3.05) is 5.32 Å². The van der Waals surface area contributed by atoms with Crippen LogP contribution in [0.2, 0.25) is 0 Å². The molecule has 1 heterocycles. The fourth-order valence-corrected chi connectivity index (χ4v) is 2.85. The van der Waals surface area contributed by atoms with E-state index >= 15 is 0 Å². The molecule has 104 valence electrons. The molecule has 0 radical (unpaired) electrons. The molecule has 3 rings (SSSR count). The first-order chi connectivity index (χ1) is 10.2. The molecule has 0 atom stereocenters. The molecular weight excluding hydrogens is 280 g/mol. The maximum Gasteiger partial charge on any atom is 0.253 e. The van der Waals surface area contributed by atoms with Crippen molar-refractivity contribution in [3.05, 3.63) is 65.7 Å². The molecule has 0 aliphatic carbocycles. The summed E-state index contributed by atoms with van der Waals surface area (Å²) in [5.74, 6) is -0.127. The van der Waals surface area contributed by atoms with E-state index in [0.29, 0.717) is 10.7 Å². The van der Waals surface area contributed by atoms with Crippen molar-refractivity contribution < 1.29 is 4.79 Å². The van der Waals surface area contributed by atoms with E-state index in [4.69, 9.17) is 0 Å². The van der Waals surface area contributed by atoms with Crippen LogP contribution < -0.4 is 5.32 Å². The second-order valence-electron chi connectivity index (χ2n) is 4.68. The van der Waals surface area contributed by atoms with Crippen LogP contribution in [0.25, 0.3) is 16.3 Å². The summed E-state index contributed by atoms with van der Waals surface area (Å²) in [6.07, 6.45) is 1.86. The molecule has 1 amide bonds. The Balaban J connectivity index is 1.78. The van der Waals surface area contributed by atoms with Crippen molar-refractivity contribution in [3.63, 3.8) is 0 Å². The molecule has 21 heavy (non-hydrogen) atoms. The van der Waals surface area contributed by atoms with Crippen LogP contribution in [-0.2, 0) is 4.79 Å². The first-order valence-electron chi connectivity index (χ1n) is 6.62. The Morgan fingerprint density at radius 3 is 2.57 bits per heavy atom. The summed E-state index contributed by atoms with van der Waals surface area (Å²) in [4.78, 5) is 16.6. The number of benzene rings is 2. The number of aromatic nitrogens is 1. The number of anilines is 1. The molecule has 2 aromatic carbocycles. The minimum atomic E-state index is -0.127. The van der Waals surface area contributed by atoms with Gasteiger partial charge in [-0.2, -0.15) is 0 Å². The van der Waals surface area contributed by atoms with Gasteiger partial charge < -0.3 is 0 Å². The summed E-state index contributed by atoms with van der Waals surface area (Å²) in [5, 5.41) is 3.48. The smallest absolute Gasteiger partial charge is 0.253 e. The number of rotatable bonds is 3. The van der Waals surface area contributed by atoms with Gasteiger partial charge in [0.15, 0.2) is 5.13 Å². The van der Waals surface area contributed by atoms with Crippen molar-refractivity contribution in [2.45, 2.75) is 6.92 Å². The minimum Gasteiger partial charge on any atom is -0.298 e. The molecule has 3 aromatic rings. The standard InChI is InChI=1S/C17H14N2OS/c1-12(11-13-7-3-2-4-8-13)16(20)19-17-18-14-9-5-6-10-15(14)21-17/h2-11H,1H3,(H,18,19,20)/b12-11+. The first-order valence-corrected chi connectivity index (χ1v) is 7.44. The zero-order valence-corrected chi connectivity index (χ0v) is 12.4. The molecule has 4 heteroatoms. The van der Waals surface area contributed by atoms with Gasteiger partial charge in [-0.05, 0) is 30.7 Å². The molecule has 1 aromatic heterocycles. The van der Waals surface area contributed by atoms with E-state index < -0.39 is 0 Å². The van der Waals surface area contributed by atoms with E-state index in [1.807, 2.05) is 60.7 Å². The Kier molecular flexibility index (Phi) is 3.79. The maximum atomic E-state index is 12.2. The van der Waals surface area contributed by atoms with Crippen LogP contribution in [-0.4, -0.2) is 10.9 Å². The lowest BCUT2D eigenvalue weighted by atomic mass is 10.1. The van der Waals surface area contributed by atoms with E-state index in [1.165, 1.54) is 11.3 Å². The van der Waals surface area contributed by atoms with Crippen molar-refractivity contribution in [3.8, 4) is 0 Å². The average Bonchev–Trinajstić information content (AvgIpc) is 2.90. The second kappa shape index (κ2) is 5.89. The average molecular weight is 294 g/mol. The van der Waals surface area contributed by atoms with Gasteiger partial charge in [0.25, 0.3) is 5.91 Å². The highest BCUT2D eigenvalue weighted by Gasteiger charge is 2.09. The minimum absolute atomic E-state index is 0.127. The van der Waals surface area contributed by atoms with Gasteiger partial charge in [-0.1, -0.05) is 53.8 Å². The molecule has 0 fully saturated rings. The fraction of sp³-hybridized carbons (Fsp3) is 0.0588. The molecule has 0 spiro atoms. The Hall–Kier alpha value is -2.46. The molecule has 0 bridgehead atoms. The second-order valence-corrected chi connectivity index (χ2v) is 5.71. The number of carbonyl (C=O) groups is 1. The number of para-hydroxylation sites is 1. The molecule has 0 aliphatic heterocycles. The van der Waals surface area contributed by atoms with E-state index in [0.717, 1.165) is 15.8 Å². The van der Waals surface area contributed by atoms with Gasteiger partial charge in [0.2, 0.25) is 0 Å². The van der Waals surface area contributed by atoms with Gasteiger partial charge >= 0.3 is 0 Å². The van der Waals surface area contributed by atoms with Gasteiger partial charge in [-0.3, -0.25) is 10.1 Å². The van der Waals surface area contributed by atoms with E-state index in [9.17, 15) is 4.79 Å². The highest BCUT2D eigenvalue weighted by Crippen LogP contribution is 2.25. The van der Waals surface area contributed by atoms with Crippen molar-refractivity contribution >= 4 is 38.7 Å². The number of hydrogen-bond donors (Lipinski definition) is 1.